The van der Waals surface area contributed by atoms with E-state index >= 15 is 0 Å². The van der Waals surface area contributed by atoms with Crippen molar-refractivity contribution in [2.45, 2.75) is 12.8 Å². The van der Waals surface area contributed by atoms with Crippen LogP contribution in [-0.4, -0.2) is 10.1 Å². The zero-order valence-electron chi connectivity index (χ0n) is 6.37. The molecule has 4 nitrogen and oxygen atoms in total. The van der Waals surface area contributed by atoms with Crippen molar-refractivity contribution in [2.24, 2.45) is 0 Å². The van der Waals surface area contributed by atoms with Crippen molar-refractivity contribution >= 4 is 0 Å². The SMILES string of the molecule is N#CCCc1cc(O)[nH]c(=O)c1. The van der Waals surface area contributed by atoms with Gasteiger partial charge in [0, 0.05) is 18.6 Å². The molecule has 0 amide bonds. The number of pyridine rings is 1. The lowest BCUT2D eigenvalue weighted by atomic mass is 10.1. The van der Waals surface area contributed by atoms with Crippen LogP contribution in [0.25, 0.3) is 0 Å². The number of nitriles is 1. The summed E-state index contributed by atoms with van der Waals surface area (Å²) in [5, 5.41) is 17.2. The van der Waals surface area contributed by atoms with Crippen LogP contribution in [0.1, 0.15) is 12.0 Å². The smallest absolute Gasteiger partial charge is 0.250 e. The number of nitrogens with one attached hydrogen (secondary N) is 1. The Morgan fingerprint density at radius 3 is 2.92 bits per heavy atom. The van der Waals surface area contributed by atoms with Crippen molar-refractivity contribution in [1.29, 1.82) is 5.26 Å². The Kier molecular flexibility index (Phi) is 2.49. The normalized spacial score (nSPS) is 9.25. The van der Waals surface area contributed by atoms with Crippen molar-refractivity contribution in [3.05, 3.63) is 28.0 Å². The van der Waals surface area contributed by atoms with Crippen LogP contribution in [0.2, 0.25) is 0 Å². The minimum atomic E-state index is -0.345. The molecule has 2 N–H and O–H groups in total. The molecule has 0 fully saturated rings. The molecule has 0 aromatic carbocycles. The van der Waals surface area contributed by atoms with Gasteiger partial charge in [-0.2, -0.15) is 5.26 Å². The molecule has 0 saturated carbocycles. The predicted molar refractivity (Wildman–Crippen MR) is 42.7 cm³/mol. The topological polar surface area (TPSA) is 76.9 Å². The molecule has 62 valence electrons. The lowest BCUT2D eigenvalue weighted by Crippen LogP contribution is -2.04. The van der Waals surface area contributed by atoms with E-state index in [0.717, 1.165) is 0 Å². The molecule has 0 aliphatic heterocycles. The number of aromatic nitrogens is 1. The molecule has 0 atom stereocenters. The molecule has 0 bridgehead atoms. The summed E-state index contributed by atoms with van der Waals surface area (Å²) < 4.78 is 0. The second kappa shape index (κ2) is 3.58. The molecule has 0 unspecified atom stereocenters. The number of aromatic amines is 1. The number of hydrogen-bond donors (Lipinski definition) is 2. The Labute approximate surface area is 69.1 Å². The fraction of sp³-hybridized carbons (Fsp3) is 0.250. The van der Waals surface area contributed by atoms with E-state index in [-0.39, 0.29) is 11.4 Å². The number of H-pyrrole nitrogens is 1. The van der Waals surface area contributed by atoms with Crippen LogP contribution >= 0.6 is 0 Å². The van der Waals surface area contributed by atoms with E-state index in [1.54, 1.807) is 0 Å². The third kappa shape index (κ3) is 2.13. The summed E-state index contributed by atoms with van der Waals surface area (Å²) in [7, 11) is 0. The number of aryl methyl sites for hydroxylation is 1. The van der Waals surface area contributed by atoms with Gasteiger partial charge in [0.05, 0.1) is 6.07 Å². The second-order valence-corrected chi connectivity index (χ2v) is 2.40. The Hall–Kier alpha value is -1.76. The Bertz CT molecular complexity index is 362. The van der Waals surface area contributed by atoms with E-state index < -0.39 is 0 Å². The van der Waals surface area contributed by atoms with Gasteiger partial charge in [0.25, 0.3) is 5.56 Å². The lowest BCUT2D eigenvalue weighted by Gasteiger charge is -1.96. The molecule has 1 aromatic rings. The van der Waals surface area contributed by atoms with E-state index in [1.165, 1.54) is 12.1 Å². The van der Waals surface area contributed by atoms with Gasteiger partial charge < -0.3 is 5.11 Å². The van der Waals surface area contributed by atoms with Crippen molar-refractivity contribution in [1.82, 2.24) is 4.98 Å². The van der Waals surface area contributed by atoms with Crippen molar-refractivity contribution in [3.63, 3.8) is 0 Å². The van der Waals surface area contributed by atoms with Gasteiger partial charge in [-0.15, -0.1) is 0 Å². The van der Waals surface area contributed by atoms with Gasteiger partial charge in [-0.25, -0.2) is 0 Å². The number of aromatic hydroxyl groups is 1. The third-order valence-corrected chi connectivity index (χ3v) is 1.42. The van der Waals surface area contributed by atoms with Gasteiger partial charge in [0.1, 0.15) is 0 Å². The van der Waals surface area contributed by atoms with Gasteiger partial charge in [0.2, 0.25) is 0 Å². The zero-order valence-corrected chi connectivity index (χ0v) is 6.37. The summed E-state index contributed by atoms with van der Waals surface area (Å²) in [4.78, 5) is 13.0. The molecular formula is C8H8N2O2. The Morgan fingerprint density at radius 1 is 1.58 bits per heavy atom. The van der Waals surface area contributed by atoms with Crippen molar-refractivity contribution in [3.8, 4) is 11.9 Å². The predicted octanol–water partition coefficient (Wildman–Crippen LogP) is 0.537. The van der Waals surface area contributed by atoms with Crippen LogP contribution in [0, 0.1) is 11.3 Å². The summed E-state index contributed by atoms with van der Waals surface area (Å²) in [6, 6.07) is 4.78. The third-order valence-electron chi connectivity index (χ3n) is 1.42. The molecule has 1 heterocycles. The van der Waals surface area contributed by atoms with E-state index in [0.29, 0.717) is 18.4 Å². The minimum absolute atomic E-state index is 0.157. The molecular weight excluding hydrogens is 156 g/mol. The molecule has 12 heavy (non-hydrogen) atoms. The van der Waals surface area contributed by atoms with Crippen LogP contribution in [0.5, 0.6) is 5.88 Å². The summed E-state index contributed by atoms with van der Waals surface area (Å²) in [6.45, 7) is 0. The molecule has 1 rings (SSSR count). The van der Waals surface area contributed by atoms with E-state index in [1.807, 2.05) is 6.07 Å². The van der Waals surface area contributed by atoms with Gasteiger partial charge in [0.15, 0.2) is 5.88 Å². The first kappa shape index (κ1) is 8.34. The maximum Gasteiger partial charge on any atom is 0.250 e. The van der Waals surface area contributed by atoms with E-state index in [2.05, 4.69) is 4.98 Å². The molecule has 0 aliphatic rings. The van der Waals surface area contributed by atoms with Crippen LogP contribution < -0.4 is 5.56 Å². The highest BCUT2D eigenvalue weighted by molar-refractivity contribution is 5.19. The van der Waals surface area contributed by atoms with E-state index in [4.69, 9.17) is 10.4 Å². The minimum Gasteiger partial charge on any atom is -0.495 e. The number of hydrogen-bond acceptors (Lipinski definition) is 3. The Morgan fingerprint density at radius 2 is 2.33 bits per heavy atom. The fourth-order valence-electron chi connectivity index (χ4n) is 0.929. The first-order chi connectivity index (χ1) is 5.72. The first-order valence-corrected chi connectivity index (χ1v) is 3.51. The summed E-state index contributed by atoms with van der Waals surface area (Å²) in [5.41, 5.74) is 0.334. The molecule has 0 radical (unpaired) electrons. The van der Waals surface area contributed by atoms with Crippen LogP contribution in [-0.2, 0) is 6.42 Å². The standard InChI is InChI=1S/C8H8N2O2/c9-3-1-2-6-4-7(11)10-8(12)5-6/h4-5H,1-2H2,(H2,10,11,12). The maximum absolute atomic E-state index is 10.8. The van der Waals surface area contributed by atoms with Crippen molar-refractivity contribution in [2.75, 3.05) is 0 Å². The van der Waals surface area contributed by atoms with Crippen LogP contribution in [0.15, 0.2) is 16.9 Å². The first-order valence-electron chi connectivity index (χ1n) is 3.51. The van der Waals surface area contributed by atoms with Crippen molar-refractivity contribution < 1.29 is 5.11 Å². The zero-order chi connectivity index (χ0) is 8.97. The average molecular weight is 164 g/mol. The van der Waals surface area contributed by atoms with E-state index in [9.17, 15) is 4.79 Å². The average Bonchev–Trinajstić information content (AvgIpc) is 1.99. The highest BCUT2D eigenvalue weighted by Gasteiger charge is 1.96. The maximum atomic E-state index is 10.8. The van der Waals surface area contributed by atoms with Gasteiger partial charge in [-0.05, 0) is 12.0 Å². The molecule has 4 heteroatoms. The monoisotopic (exact) mass is 164 g/mol. The number of nitrogens with zero attached hydrogens (tertiary/aromatic N) is 1. The summed E-state index contributed by atoms with van der Waals surface area (Å²) in [5.74, 6) is -0.157. The largest absolute Gasteiger partial charge is 0.495 e. The van der Waals surface area contributed by atoms with Gasteiger partial charge in [-0.1, -0.05) is 0 Å². The molecule has 0 aliphatic carbocycles. The fourth-order valence-corrected chi connectivity index (χ4v) is 0.929. The molecule has 1 aromatic heterocycles. The van der Waals surface area contributed by atoms with Gasteiger partial charge in [-0.3, -0.25) is 9.78 Å². The summed E-state index contributed by atoms with van der Waals surface area (Å²) >= 11 is 0. The lowest BCUT2D eigenvalue weighted by molar-refractivity contribution is 0.451. The summed E-state index contributed by atoms with van der Waals surface area (Å²) in [6.07, 6.45) is 0.844. The Balaban J connectivity index is 2.87. The van der Waals surface area contributed by atoms with Gasteiger partial charge >= 0.3 is 0 Å². The van der Waals surface area contributed by atoms with Crippen LogP contribution in [0.4, 0.5) is 0 Å². The van der Waals surface area contributed by atoms with Crippen LogP contribution in [0.3, 0.4) is 0 Å². The highest BCUT2D eigenvalue weighted by Crippen LogP contribution is 2.05. The molecule has 0 saturated heterocycles. The highest BCUT2D eigenvalue weighted by atomic mass is 16.3. The second-order valence-electron chi connectivity index (χ2n) is 2.40. The quantitative estimate of drug-likeness (QED) is 0.669. The number of rotatable bonds is 2. The molecule has 0 spiro atoms.